The maximum absolute atomic E-state index is 11.4. The van der Waals surface area contributed by atoms with Gasteiger partial charge in [0, 0.05) is 0 Å². The second-order valence-electron chi connectivity index (χ2n) is 3.42. The molecule has 6 heteroatoms. The Balaban J connectivity index is 4.18. The molecule has 0 atom stereocenters. The van der Waals surface area contributed by atoms with E-state index in [0.717, 1.165) is 25.7 Å². The molecule has 0 aromatic rings. The topological polar surface area (TPSA) is 69.7 Å². The summed E-state index contributed by atoms with van der Waals surface area (Å²) in [5.41, 5.74) is 0. The van der Waals surface area contributed by atoms with Crippen LogP contribution < -0.4 is 0 Å². The maximum atomic E-state index is 11.4. The van der Waals surface area contributed by atoms with Crippen molar-refractivity contribution in [3.63, 3.8) is 0 Å². The van der Waals surface area contributed by atoms with E-state index in [4.69, 9.17) is 9.47 Å². The molecule has 0 aliphatic carbocycles. The molecular weight excluding hydrogens is 263 g/mol. The predicted octanol–water partition coefficient (Wildman–Crippen LogP) is 1.27. The fraction of sp³-hybridized carbons (Fsp3) is 0.727. The average Bonchev–Trinajstić information content (AvgIpc) is 2.30. The standard InChI is InChI=1S/C11H18O4.O.V/c1-3-5-7-14-10(12)9-11(13)15-8-6-4-2;;/h3-8H2,1-2H3;;. The van der Waals surface area contributed by atoms with Gasteiger partial charge in [0.15, 0.2) is 0 Å². The summed E-state index contributed by atoms with van der Waals surface area (Å²) >= 11 is -1.72. The van der Waals surface area contributed by atoms with Crippen molar-refractivity contribution < 1.29 is 38.5 Å². The van der Waals surface area contributed by atoms with Crippen LogP contribution in [0.5, 0.6) is 0 Å². The van der Waals surface area contributed by atoms with Crippen LogP contribution in [0, 0.1) is 0 Å². The van der Waals surface area contributed by atoms with Crippen LogP contribution in [0.25, 0.3) is 0 Å². The van der Waals surface area contributed by atoms with Crippen molar-refractivity contribution in [2.24, 2.45) is 0 Å². The van der Waals surface area contributed by atoms with Gasteiger partial charge in [-0.3, -0.25) is 0 Å². The van der Waals surface area contributed by atoms with Crippen LogP contribution in [0.3, 0.4) is 0 Å². The van der Waals surface area contributed by atoms with Crippen LogP contribution in [0.15, 0.2) is 0 Å². The van der Waals surface area contributed by atoms with Gasteiger partial charge in [0.05, 0.1) is 0 Å². The Hall–Kier alpha value is -0.806. The van der Waals surface area contributed by atoms with Gasteiger partial charge in [-0.25, -0.2) is 0 Å². The van der Waals surface area contributed by atoms with Gasteiger partial charge in [0.25, 0.3) is 0 Å². The quantitative estimate of drug-likeness (QED) is 0.381. The fourth-order valence-electron chi connectivity index (χ4n) is 0.913. The molecule has 0 spiro atoms. The number of carbonyl (C=O) groups is 2. The van der Waals surface area contributed by atoms with Gasteiger partial charge in [-0.05, 0) is 0 Å². The van der Waals surface area contributed by atoms with Crippen LogP contribution in [-0.2, 0) is 38.5 Å². The van der Waals surface area contributed by atoms with E-state index < -0.39 is 27.7 Å². The first-order valence-electron chi connectivity index (χ1n) is 5.71. The Kier molecular flexibility index (Phi) is 9.86. The van der Waals surface area contributed by atoms with Gasteiger partial charge in [0.2, 0.25) is 0 Å². The molecule has 0 heterocycles. The molecular formula is C11H18O5V. The normalized spacial score (nSPS) is 9.29. The third-order valence-corrected chi connectivity index (χ3v) is 2.80. The van der Waals surface area contributed by atoms with Crippen molar-refractivity contribution in [1.82, 2.24) is 0 Å². The van der Waals surface area contributed by atoms with Gasteiger partial charge in [0.1, 0.15) is 0 Å². The first-order chi connectivity index (χ1) is 8.17. The van der Waals surface area contributed by atoms with Crippen molar-refractivity contribution in [3.05, 3.63) is 0 Å². The third-order valence-electron chi connectivity index (χ3n) is 1.94. The van der Waals surface area contributed by atoms with E-state index in [1.165, 1.54) is 0 Å². The van der Waals surface area contributed by atoms with Crippen LogP contribution in [0.2, 0.25) is 0 Å². The molecule has 0 aliphatic rings. The number of esters is 2. The number of rotatable bonds is 8. The van der Waals surface area contributed by atoms with E-state index in [2.05, 4.69) is 0 Å². The van der Waals surface area contributed by atoms with E-state index >= 15 is 0 Å². The van der Waals surface area contributed by atoms with Gasteiger partial charge in [-0.15, -0.1) is 0 Å². The molecule has 0 aromatic carbocycles. The predicted molar refractivity (Wildman–Crippen MR) is 57.4 cm³/mol. The fourth-order valence-corrected chi connectivity index (χ4v) is 1.35. The summed E-state index contributed by atoms with van der Waals surface area (Å²) in [6.45, 7) is 4.39. The summed E-state index contributed by atoms with van der Waals surface area (Å²) in [6.07, 6.45) is 3.21. The SMILES string of the molecule is CCCCOC(=O)[C](=[V]=[O])C(=O)OCCCC. The molecule has 0 aromatic heterocycles. The van der Waals surface area contributed by atoms with Gasteiger partial charge >= 0.3 is 107 Å². The van der Waals surface area contributed by atoms with Crippen molar-refractivity contribution >= 4 is 16.2 Å². The summed E-state index contributed by atoms with van der Waals surface area (Å²) < 4.78 is 20.1. The van der Waals surface area contributed by atoms with Crippen LogP contribution in [-0.4, -0.2) is 29.4 Å². The molecule has 5 nitrogen and oxygen atoms in total. The average molecular weight is 281 g/mol. The summed E-state index contributed by atoms with van der Waals surface area (Å²) in [7, 11) is 0. The summed E-state index contributed by atoms with van der Waals surface area (Å²) in [5, 5.41) is 0. The van der Waals surface area contributed by atoms with Crippen LogP contribution in [0.4, 0.5) is 0 Å². The Morgan fingerprint density at radius 3 is 1.65 bits per heavy atom. The van der Waals surface area contributed by atoms with Crippen molar-refractivity contribution in [2.75, 3.05) is 13.2 Å². The Labute approximate surface area is 108 Å². The molecule has 0 rings (SSSR count). The molecule has 0 saturated carbocycles. The summed E-state index contributed by atoms with van der Waals surface area (Å²) in [6, 6.07) is 0. The molecule has 0 aliphatic heterocycles. The van der Waals surface area contributed by atoms with E-state index in [-0.39, 0.29) is 17.4 Å². The van der Waals surface area contributed by atoms with E-state index in [1.807, 2.05) is 13.8 Å². The molecule has 17 heavy (non-hydrogen) atoms. The minimum absolute atomic E-state index is 0.238. The first kappa shape index (κ1) is 16.2. The Bertz CT molecular complexity index is 283. The van der Waals surface area contributed by atoms with E-state index in [9.17, 15) is 13.3 Å². The van der Waals surface area contributed by atoms with Crippen LogP contribution >= 0.6 is 0 Å². The number of carbonyl (C=O) groups excluding carboxylic acids is 2. The monoisotopic (exact) mass is 281 g/mol. The third kappa shape index (κ3) is 7.18. The van der Waals surface area contributed by atoms with Crippen molar-refractivity contribution in [1.29, 1.82) is 0 Å². The molecule has 0 unspecified atom stereocenters. The van der Waals surface area contributed by atoms with Gasteiger partial charge < -0.3 is 0 Å². The summed E-state index contributed by atoms with van der Waals surface area (Å²) in [5.74, 6) is -1.62. The zero-order chi connectivity index (χ0) is 13.1. The summed E-state index contributed by atoms with van der Waals surface area (Å²) in [4.78, 5) is 22.8. The zero-order valence-corrected chi connectivity index (χ0v) is 11.6. The second-order valence-corrected chi connectivity index (χ2v) is 4.40. The molecule has 0 amide bonds. The van der Waals surface area contributed by atoms with Crippen molar-refractivity contribution in [3.8, 4) is 0 Å². The number of unbranched alkanes of at least 4 members (excludes halogenated alkanes) is 2. The Morgan fingerprint density at radius 1 is 0.941 bits per heavy atom. The Morgan fingerprint density at radius 2 is 1.35 bits per heavy atom. The minimum atomic E-state index is -1.72. The second kappa shape index (κ2) is 10.4. The molecule has 0 fully saturated rings. The van der Waals surface area contributed by atoms with Crippen LogP contribution in [0.1, 0.15) is 39.5 Å². The zero-order valence-electron chi connectivity index (χ0n) is 10.2. The van der Waals surface area contributed by atoms with E-state index in [0.29, 0.717) is 0 Å². The van der Waals surface area contributed by atoms with E-state index in [1.54, 1.807) is 0 Å². The molecule has 0 bridgehead atoms. The number of hydrogen-bond donors (Lipinski definition) is 0. The molecule has 0 N–H and O–H groups in total. The van der Waals surface area contributed by atoms with Crippen molar-refractivity contribution in [2.45, 2.75) is 39.5 Å². The number of hydrogen-bond acceptors (Lipinski definition) is 5. The van der Waals surface area contributed by atoms with Gasteiger partial charge in [-0.2, -0.15) is 0 Å². The first-order valence-corrected chi connectivity index (χ1v) is 6.98. The molecule has 0 radical (unpaired) electrons. The van der Waals surface area contributed by atoms with Gasteiger partial charge in [-0.1, -0.05) is 0 Å². The molecule has 97 valence electrons. The molecule has 0 saturated heterocycles. The number of ether oxygens (including phenoxy) is 2.